The van der Waals surface area contributed by atoms with Gasteiger partial charge in [-0.05, 0) is 12.1 Å². The molecule has 0 atom stereocenters. The molecule has 21 heavy (non-hydrogen) atoms. The van der Waals surface area contributed by atoms with Crippen molar-refractivity contribution in [1.82, 2.24) is 9.13 Å². The minimum absolute atomic E-state index is 0.524. The van der Waals surface area contributed by atoms with Crippen molar-refractivity contribution < 1.29 is 18.0 Å². The molecule has 2 rings (SSSR count). The molecule has 0 radical (unpaired) electrons. The van der Waals surface area contributed by atoms with E-state index in [1.54, 1.807) is 0 Å². The summed E-state index contributed by atoms with van der Waals surface area (Å²) in [5.74, 6) is -6.07. The zero-order chi connectivity index (χ0) is 15.9. The third kappa shape index (κ3) is 2.28. The van der Waals surface area contributed by atoms with Gasteiger partial charge in [-0.25, -0.2) is 18.0 Å². The highest BCUT2D eigenvalue weighted by atomic mass is 19.2. The monoisotopic (exact) mass is 298 g/mol. The van der Waals surface area contributed by atoms with E-state index in [0.29, 0.717) is 10.6 Å². The SMILES string of the molecule is Cn1cc(C(=O)c2ccc(F)c(F)c2F)c(=O)n(C)c1=O. The Bertz CT molecular complexity index is 868. The Hall–Kier alpha value is -2.64. The summed E-state index contributed by atoms with van der Waals surface area (Å²) in [5.41, 5.74) is -2.94. The van der Waals surface area contributed by atoms with Gasteiger partial charge in [0.25, 0.3) is 5.56 Å². The number of hydrogen-bond acceptors (Lipinski definition) is 3. The highest BCUT2D eigenvalue weighted by molar-refractivity contribution is 6.08. The molecule has 1 heterocycles. The number of aryl methyl sites for hydroxylation is 1. The van der Waals surface area contributed by atoms with Crippen LogP contribution in [-0.4, -0.2) is 14.9 Å². The van der Waals surface area contributed by atoms with E-state index in [9.17, 15) is 27.6 Å². The summed E-state index contributed by atoms with van der Waals surface area (Å²) < 4.78 is 41.2. The maximum Gasteiger partial charge on any atom is 0.330 e. The van der Waals surface area contributed by atoms with Crippen molar-refractivity contribution >= 4 is 5.78 Å². The van der Waals surface area contributed by atoms with E-state index in [1.165, 1.54) is 7.05 Å². The van der Waals surface area contributed by atoms with E-state index in [2.05, 4.69) is 0 Å². The second kappa shape index (κ2) is 5.04. The minimum atomic E-state index is -1.80. The molecule has 0 aliphatic heterocycles. The van der Waals surface area contributed by atoms with Crippen molar-refractivity contribution in [2.75, 3.05) is 0 Å². The quantitative estimate of drug-likeness (QED) is 0.606. The van der Waals surface area contributed by atoms with Crippen LogP contribution in [0, 0.1) is 17.5 Å². The zero-order valence-electron chi connectivity index (χ0n) is 11.0. The summed E-state index contributed by atoms with van der Waals surface area (Å²) in [7, 11) is 2.43. The standard InChI is InChI=1S/C13H9F3N2O3/c1-17-5-7(12(20)18(2)13(17)21)11(19)6-3-4-8(14)10(16)9(6)15/h3-5H,1-2H3. The van der Waals surface area contributed by atoms with Crippen LogP contribution >= 0.6 is 0 Å². The summed E-state index contributed by atoms with van der Waals surface area (Å²) in [6, 6.07) is 1.32. The first-order chi connectivity index (χ1) is 9.75. The molecule has 0 aliphatic rings. The van der Waals surface area contributed by atoms with Gasteiger partial charge in [0.1, 0.15) is 5.56 Å². The number of hydrogen-bond donors (Lipinski definition) is 0. The molecule has 0 N–H and O–H groups in total. The Morgan fingerprint density at radius 1 is 1.00 bits per heavy atom. The van der Waals surface area contributed by atoms with Gasteiger partial charge in [0, 0.05) is 20.3 Å². The van der Waals surface area contributed by atoms with Gasteiger partial charge in [-0.3, -0.25) is 14.2 Å². The Labute approximate surface area is 115 Å². The van der Waals surface area contributed by atoms with Crippen LogP contribution in [0.3, 0.4) is 0 Å². The summed E-state index contributed by atoms with van der Waals surface area (Å²) in [6.45, 7) is 0. The van der Waals surface area contributed by atoms with Crippen LogP contribution in [0.2, 0.25) is 0 Å². The minimum Gasteiger partial charge on any atom is -0.303 e. The second-order valence-corrected chi connectivity index (χ2v) is 4.35. The summed E-state index contributed by atoms with van der Waals surface area (Å²) in [5, 5.41) is 0. The van der Waals surface area contributed by atoms with Gasteiger partial charge in [0.05, 0.1) is 5.56 Å². The average Bonchev–Trinajstić information content (AvgIpc) is 2.46. The van der Waals surface area contributed by atoms with E-state index < -0.39 is 45.6 Å². The first-order valence-electron chi connectivity index (χ1n) is 5.70. The largest absolute Gasteiger partial charge is 0.330 e. The third-order valence-corrected chi connectivity index (χ3v) is 2.97. The molecule has 2 aromatic rings. The van der Waals surface area contributed by atoms with E-state index in [4.69, 9.17) is 0 Å². The number of nitrogens with zero attached hydrogens (tertiary/aromatic N) is 2. The molecular weight excluding hydrogens is 289 g/mol. The van der Waals surface area contributed by atoms with Crippen molar-refractivity contribution in [3.8, 4) is 0 Å². The number of aromatic nitrogens is 2. The Morgan fingerprint density at radius 2 is 1.62 bits per heavy atom. The molecule has 0 saturated heterocycles. The fraction of sp³-hybridized carbons (Fsp3) is 0.154. The number of carbonyl (C=O) groups is 1. The topological polar surface area (TPSA) is 61.1 Å². The van der Waals surface area contributed by atoms with Crippen molar-refractivity contribution in [3.63, 3.8) is 0 Å². The van der Waals surface area contributed by atoms with Gasteiger partial charge in [0.2, 0.25) is 5.78 Å². The van der Waals surface area contributed by atoms with Gasteiger partial charge in [-0.2, -0.15) is 0 Å². The molecule has 5 nitrogen and oxygen atoms in total. The van der Waals surface area contributed by atoms with Crippen LogP contribution in [0.5, 0.6) is 0 Å². The van der Waals surface area contributed by atoms with Crippen molar-refractivity contribution in [3.05, 3.63) is 67.7 Å². The lowest BCUT2D eigenvalue weighted by molar-refractivity contribution is 0.103. The highest BCUT2D eigenvalue weighted by Crippen LogP contribution is 2.17. The molecule has 8 heteroatoms. The molecule has 0 unspecified atom stereocenters. The molecular formula is C13H9F3N2O3. The van der Waals surface area contributed by atoms with Gasteiger partial charge < -0.3 is 4.57 Å². The van der Waals surface area contributed by atoms with E-state index in [1.807, 2.05) is 0 Å². The Morgan fingerprint density at radius 3 is 2.24 bits per heavy atom. The Balaban J connectivity index is 2.70. The molecule has 0 amide bonds. The lowest BCUT2D eigenvalue weighted by Gasteiger charge is -2.07. The molecule has 1 aromatic carbocycles. The molecule has 0 aliphatic carbocycles. The number of ketones is 1. The number of benzene rings is 1. The van der Waals surface area contributed by atoms with Crippen LogP contribution < -0.4 is 11.2 Å². The summed E-state index contributed by atoms with van der Waals surface area (Å²) in [6.07, 6.45) is 0.924. The lowest BCUT2D eigenvalue weighted by atomic mass is 10.0. The van der Waals surface area contributed by atoms with E-state index in [0.717, 1.165) is 23.9 Å². The molecule has 110 valence electrons. The van der Waals surface area contributed by atoms with Gasteiger partial charge >= 0.3 is 5.69 Å². The van der Waals surface area contributed by atoms with Crippen LogP contribution in [-0.2, 0) is 14.1 Å². The molecule has 0 bridgehead atoms. The second-order valence-electron chi connectivity index (χ2n) is 4.35. The molecule has 0 saturated carbocycles. The van der Waals surface area contributed by atoms with Gasteiger partial charge in [-0.15, -0.1) is 0 Å². The highest BCUT2D eigenvalue weighted by Gasteiger charge is 2.23. The summed E-state index contributed by atoms with van der Waals surface area (Å²) >= 11 is 0. The predicted octanol–water partition coefficient (Wildman–Crippen LogP) is 0.732. The maximum absolute atomic E-state index is 13.6. The zero-order valence-corrected chi connectivity index (χ0v) is 11.0. The maximum atomic E-state index is 13.6. The van der Waals surface area contributed by atoms with Crippen LogP contribution in [0.25, 0.3) is 0 Å². The Kier molecular flexibility index (Phi) is 3.54. The summed E-state index contributed by atoms with van der Waals surface area (Å²) in [4.78, 5) is 35.5. The number of halogens is 3. The van der Waals surface area contributed by atoms with Crippen molar-refractivity contribution in [2.24, 2.45) is 14.1 Å². The number of carbonyl (C=O) groups excluding carboxylic acids is 1. The van der Waals surface area contributed by atoms with Gasteiger partial charge in [0.15, 0.2) is 17.5 Å². The first-order valence-corrected chi connectivity index (χ1v) is 5.70. The van der Waals surface area contributed by atoms with Crippen LogP contribution in [0.15, 0.2) is 27.9 Å². The lowest BCUT2D eigenvalue weighted by Crippen LogP contribution is -2.39. The smallest absolute Gasteiger partial charge is 0.303 e. The number of rotatable bonds is 2. The fourth-order valence-electron chi connectivity index (χ4n) is 1.81. The fourth-order valence-corrected chi connectivity index (χ4v) is 1.81. The van der Waals surface area contributed by atoms with E-state index >= 15 is 0 Å². The van der Waals surface area contributed by atoms with Crippen LogP contribution in [0.1, 0.15) is 15.9 Å². The molecule has 1 aromatic heterocycles. The first kappa shape index (κ1) is 14.8. The van der Waals surface area contributed by atoms with Crippen molar-refractivity contribution in [2.45, 2.75) is 0 Å². The third-order valence-electron chi connectivity index (χ3n) is 2.97. The van der Waals surface area contributed by atoms with Crippen LogP contribution in [0.4, 0.5) is 13.2 Å². The predicted molar refractivity (Wildman–Crippen MR) is 66.7 cm³/mol. The van der Waals surface area contributed by atoms with Crippen molar-refractivity contribution in [1.29, 1.82) is 0 Å². The normalized spacial score (nSPS) is 10.7. The average molecular weight is 298 g/mol. The molecule has 0 fully saturated rings. The van der Waals surface area contributed by atoms with Gasteiger partial charge in [-0.1, -0.05) is 0 Å². The molecule has 0 spiro atoms. The van der Waals surface area contributed by atoms with E-state index in [-0.39, 0.29) is 0 Å².